The number of amides is 2. The van der Waals surface area contributed by atoms with Gasteiger partial charge in [-0.05, 0) is 12.1 Å². The van der Waals surface area contributed by atoms with Gasteiger partial charge in [-0.3, -0.25) is 9.59 Å². The molecule has 1 N–H and O–H groups in total. The molecule has 2 rings (SSSR count). The lowest BCUT2D eigenvalue weighted by Gasteiger charge is -2.05. The normalized spacial score (nSPS) is 11.4. The highest BCUT2D eigenvalue weighted by Crippen LogP contribution is 2.14. The van der Waals surface area contributed by atoms with Crippen molar-refractivity contribution in [2.24, 2.45) is 12.0 Å². The minimum atomic E-state index is -0.296. The number of rotatable bonds is 4. The van der Waals surface area contributed by atoms with E-state index in [1.807, 2.05) is 18.6 Å². The summed E-state index contributed by atoms with van der Waals surface area (Å²) in [6.07, 6.45) is 1.98. The Labute approximate surface area is 130 Å². The van der Waals surface area contributed by atoms with E-state index in [4.69, 9.17) is 11.6 Å². The number of nitrogens with one attached hydrogen (secondary N) is 1. The topological polar surface area (TPSA) is 63.5 Å². The minimum Gasteiger partial charge on any atom is -0.351 e. The Hall–Kier alpha value is -1.92. The number of benzene rings is 1. The first kappa shape index (κ1) is 15.5. The van der Waals surface area contributed by atoms with Crippen LogP contribution in [0, 0.1) is 0 Å². The van der Waals surface area contributed by atoms with Crippen LogP contribution in [-0.4, -0.2) is 22.9 Å². The monoisotopic (exact) mass is 323 g/mol. The fourth-order valence-electron chi connectivity index (χ4n) is 1.62. The first-order valence-electron chi connectivity index (χ1n) is 6.28. The zero-order valence-corrected chi connectivity index (χ0v) is 12.9. The molecular formula is C14H14ClN3O2S. The van der Waals surface area contributed by atoms with Crippen LogP contribution in [0.25, 0.3) is 0 Å². The molecule has 1 heterocycles. The molecule has 0 atom stereocenters. The largest absolute Gasteiger partial charge is 0.351 e. The van der Waals surface area contributed by atoms with E-state index in [1.54, 1.807) is 28.8 Å². The second-order valence-corrected chi connectivity index (χ2v) is 5.57. The van der Waals surface area contributed by atoms with Gasteiger partial charge in [0, 0.05) is 31.6 Å². The van der Waals surface area contributed by atoms with Crippen LogP contribution in [0.4, 0.5) is 0 Å². The lowest BCUT2D eigenvalue weighted by molar-refractivity contribution is -0.117. The van der Waals surface area contributed by atoms with Gasteiger partial charge in [-0.2, -0.15) is 4.99 Å². The molecule has 0 spiro atoms. The van der Waals surface area contributed by atoms with E-state index in [-0.39, 0.29) is 24.8 Å². The molecule has 0 saturated carbocycles. The molecule has 7 heteroatoms. The van der Waals surface area contributed by atoms with Gasteiger partial charge >= 0.3 is 0 Å². The van der Waals surface area contributed by atoms with Gasteiger partial charge in [-0.1, -0.05) is 23.7 Å². The summed E-state index contributed by atoms with van der Waals surface area (Å²) in [5, 5.41) is 4.90. The highest BCUT2D eigenvalue weighted by atomic mass is 35.5. The summed E-state index contributed by atoms with van der Waals surface area (Å²) in [5.41, 5.74) is 0.396. The van der Waals surface area contributed by atoms with Gasteiger partial charge < -0.3 is 9.88 Å². The summed E-state index contributed by atoms with van der Waals surface area (Å²) in [5.74, 6) is -0.567. The number of carbonyl (C=O) groups excluding carboxylic acids is 2. The molecule has 2 aromatic rings. The maximum Gasteiger partial charge on any atom is 0.252 e. The summed E-state index contributed by atoms with van der Waals surface area (Å²) in [4.78, 5) is 28.2. The van der Waals surface area contributed by atoms with Crippen LogP contribution >= 0.6 is 22.9 Å². The fourth-order valence-corrected chi connectivity index (χ4v) is 2.59. The Morgan fingerprint density at radius 3 is 2.81 bits per heavy atom. The van der Waals surface area contributed by atoms with Gasteiger partial charge in [0.15, 0.2) is 4.80 Å². The predicted molar refractivity (Wildman–Crippen MR) is 82.3 cm³/mol. The Bertz CT molecular complexity index is 721. The zero-order valence-electron chi connectivity index (χ0n) is 11.4. The molecule has 0 unspecified atom stereocenters. The minimum absolute atomic E-state index is 0.147. The van der Waals surface area contributed by atoms with Crippen LogP contribution in [0.15, 0.2) is 40.8 Å². The van der Waals surface area contributed by atoms with Crippen molar-refractivity contribution in [1.82, 2.24) is 9.88 Å². The predicted octanol–water partition coefficient (Wildman–Crippen LogP) is 1.99. The van der Waals surface area contributed by atoms with Crippen molar-refractivity contribution in [2.75, 3.05) is 6.54 Å². The van der Waals surface area contributed by atoms with Crippen molar-refractivity contribution in [3.63, 3.8) is 0 Å². The molecule has 0 aliphatic carbocycles. The average molecular weight is 324 g/mol. The van der Waals surface area contributed by atoms with Gasteiger partial charge in [-0.25, -0.2) is 0 Å². The Balaban J connectivity index is 1.88. The second-order valence-electron chi connectivity index (χ2n) is 4.29. The summed E-state index contributed by atoms with van der Waals surface area (Å²) in [7, 11) is 1.82. The van der Waals surface area contributed by atoms with E-state index in [0.717, 1.165) is 0 Å². The molecule has 21 heavy (non-hydrogen) atoms. The van der Waals surface area contributed by atoms with Crippen molar-refractivity contribution < 1.29 is 9.59 Å². The average Bonchev–Trinajstić information content (AvgIpc) is 2.84. The van der Waals surface area contributed by atoms with E-state index in [2.05, 4.69) is 10.3 Å². The van der Waals surface area contributed by atoms with Gasteiger partial charge in [0.05, 0.1) is 10.6 Å². The first-order valence-corrected chi connectivity index (χ1v) is 7.54. The first-order chi connectivity index (χ1) is 10.1. The maximum atomic E-state index is 11.9. The highest BCUT2D eigenvalue weighted by molar-refractivity contribution is 7.07. The number of aromatic nitrogens is 1. The molecule has 0 radical (unpaired) electrons. The SMILES string of the molecule is Cn1ccsc1=NC(=O)CCNC(=O)c1ccccc1Cl. The number of hydrogen-bond acceptors (Lipinski definition) is 3. The third-order valence-corrected chi connectivity index (χ3v) is 3.90. The third-order valence-electron chi connectivity index (χ3n) is 2.72. The number of thiazole rings is 1. The summed E-state index contributed by atoms with van der Waals surface area (Å²) >= 11 is 7.31. The number of hydrogen-bond donors (Lipinski definition) is 1. The van der Waals surface area contributed by atoms with E-state index < -0.39 is 0 Å². The quantitative estimate of drug-likeness (QED) is 0.935. The van der Waals surface area contributed by atoms with Gasteiger partial charge in [0.1, 0.15) is 0 Å². The fraction of sp³-hybridized carbons (Fsp3) is 0.214. The zero-order chi connectivity index (χ0) is 15.2. The summed E-state index contributed by atoms with van der Waals surface area (Å²) < 4.78 is 1.77. The van der Waals surface area contributed by atoms with Crippen LogP contribution < -0.4 is 10.1 Å². The van der Waals surface area contributed by atoms with Gasteiger partial charge in [0.25, 0.3) is 5.91 Å². The molecule has 2 amide bonds. The van der Waals surface area contributed by atoms with Crippen LogP contribution in [0.3, 0.4) is 0 Å². The molecule has 0 aliphatic rings. The van der Waals surface area contributed by atoms with Crippen molar-refractivity contribution in [3.8, 4) is 0 Å². The Morgan fingerprint density at radius 2 is 2.14 bits per heavy atom. The lowest BCUT2D eigenvalue weighted by atomic mass is 10.2. The number of aryl methyl sites for hydroxylation is 1. The van der Waals surface area contributed by atoms with Crippen LogP contribution in [0.5, 0.6) is 0 Å². The molecule has 1 aromatic carbocycles. The maximum absolute atomic E-state index is 11.9. The third kappa shape index (κ3) is 4.27. The lowest BCUT2D eigenvalue weighted by Crippen LogP contribution is -2.26. The Morgan fingerprint density at radius 1 is 1.38 bits per heavy atom. The van der Waals surface area contributed by atoms with E-state index in [0.29, 0.717) is 15.4 Å². The second kappa shape index (κ2) is 7.19. The van der Waals surface area contributed by atoms with Crippen LogP contribution in [0.2, 0.25) is 5.02 Å². The summed E-state index contributed by atoms with van der Waals surface area (Å²) in [6.45, 7) is 0.224. The van der Waals surface area contributed by atoms with E-state index in [9.17, 15) is 9.59 Å². The van der Waals surface area contributed by atoms with Crippen molar-refractivity contribution in [2.45, 2.75) is 6.42 Å². The van der Waals surface area contributed by atoms with Crippen LogP contribution in [0.1, 0.15) is 16.8 Å². The molecule has 0 bridgehead atoms. The number of halogens is 1. The molecule has 1 aromatic heterocycles. The Kier molecular flexibility index (Phi) is 5.30. The van der Waals surface area contributed by atoms with Crippen LogP contribution in [-0.2, 0) is 11.8 Å². The molecule has 0 aliphatic heterocycles. The van der Waals surface area contributed by atoms with Gasteiger partial charge in [0.2, 0.25) is 5.91 Å². The van der Waals surface area contributed by atoms with Crippen molar-refractivity contribution in [1.29, 1.82) is 0 Å². The molecule has 5 nitrogen and oxygen atoms in total. The molecule has 0 fully saturated rings. The smallest absolute Gasteiger partial charge is 0.252 e. The number of nitrogens with zero attached hydrogens (tertiary/aromatic N) is 2. The molecule has 0 saturated heterocycles. The standard InChI is InChI=1S/C14H14ClN3O2S/c1-18-8-9-21-14(18)17-12(19)6-7-16-13(20)10-4-2-3-5-11(10)15/h2-5,8-9H,6-7H2,1H3,(H,16,20). The highest BCUT2D eigenvalue weighted by Gasteiger charge is 2.09. The van der Waals surface area contributed by atoms with Gasteiger partial charge in [-0.15, -0.1) is 11.3 Å². The van der Waals surface area contributed by atoms with Crippen molar-refractivity contribution >= 4 is 34.8 Å². The van der Waals surface area contributed by atoms with E-state index >= 15 is 0 Å². The van der Waals surface area contributed by atoms with Crippen molar-refractivity contribution in [3.05, 3.63) is 51.2 Å². The molecular weight excluding hydrogens is 310 g/mol. The molecule has 110 valence electrons. The van der Waals surface area contributed by atoms with E-state index in [1.165, 1.54) is 11.3 Å². The number of carbonyl (C=O) groups is 2. The summed E-state index contributed by atoms with van der Waals surface area (Å²) in [6, 6.07) is 6.77.